The lowest BCUT2D eigenvalue weighted by Gasteiger charge is -2.19. The van der Waals surface area contributed by atoms with Crippen LogP contribution in [0, 0.1) is 10.1 Å². The molecule has 136 valence electrons. The van der Waals surface area contributed by atoms with Crippen LogP contribution in [-0.2, 0) is 11.3 Å². The summed E-state index contributed by atoms with van der Waals surface area (Å²) in [5.74, 6) is 0.577. The molecule has 2 aromatic rings. The Kier molecular flexibility index (Phi) is 5.27. The lowest BCUT2D eigenvalue weighted by atomic mass is 10.2. The third kappa shape index (κ3) is 3.72. The molecular formula is C17H14BrNO7. The number of ether oxygens (including phenoxy) is 4. The van der Waals surface area contributed by atoms with Crippen molar-refractivity contribution in [3.8, 4) is 17.2 Å². The number of carbonyl (C=O) groups is 1. The lowest BCUT2D eigenvalue weighted by molar-refractivity contribution is -0.385. The molecule has 26 heavy (non-hydrogen) atoms. The molecule has 0 radical (unpaired) electrons. The van der Waals surface area contributed by atoms with Gasteiger partial charge in [0.1, 0.15) is 19.8 Å². The van der Waals surface area contributed by atoms with Gasteiger partial charge in [-0.3, -0.25) is 10.1 Å². The first kappa shape index (κ1) is 18.0. The number of halogens is 1. The molecule has 0 amide bonds. The molecule has 1 heterocycles. The van der Waals surface area contributed by atoms with Gasteiger partial charge in [0.2, 0.25) is 0 Å². The Morgan fingerprint density at radius 3 is 2.58 bits per heavy atom. The highest BCUT2D eigenvalue weighted by Gasteiger charge is 2.20. The van der Waals surface area contributed by atoms with Gasteiger partial charge in [0, 0.05) is 16.1 Å². The van der Waals surface area contributed by atoms with Gasteiger partial charge in [0.05, 0.1) is 17.6 Å². The van der Waals surface area contributed by atoms with E-state index in [1.165, 1.54) is 19.2 Å². The Labute approximate surface area is 156 Å². The first-order chi connectivity index (χ1) is 12.5. The minimum Gasteiger partial charge on any atom is -0.490 e. The molecule has 0 atom stereocenters. The highest BCUT2D eigenvalue weighted by Crippen LogP contribution is 2.36. The largest absolute Gasteiger partial charge is 0.490 e. The van der Waals surface area contributed by atoms with Crippen LogP contribution in [0.4, 0.5) is 5.69 Å². The second-order valence-electron chi connectivity index (χ2n) is 5.31. The number of methoxy groups -OCH3 is 1. The number of nitrogens with zero attached hydrogens (tertiary/aromatic N) is 1. The van der Waals surface area contributed by atoms with E-state index >= 15 is 0 Å². The van der Waals surface area contributed by atoms with E-state index in [1.807, 2.05) is 0 Å². The lowest BCUT2D eigenvalue weighted by Crippen LogP contribution is -2.15. The zero-order chi connectivity index (χ0) is 18.7. The van der Waals surface area contributed by atoms with Gasteiger partial charge in [-0.25, -0.2) is 4.79 Å². The maximum absolute atomic E-state index is 12.2. The molecule has 0 bridgehead atoms. The van der Waals surface area contributed by atoms with E-state index in [0.29, 0.717) is 34.7 Å². The molecule has 0 aromatic heterocycles. The van der Waals surface area contributed by atoms with Crippen molar-refractivity contribution >= 4 is 27.6 Å². The molecule has 1 aliphatic heterocycles. The molecule has 0 spiro atoms. The van der Waals surface area contributed by atoms with E-state index in [-0.39, 0.29) is 23.6 Å². The molecule has 0 unspecified atom stereocenters. The third-order valence-electron chi connectivity index (χ3n) is 3.68. The van der Waals surface area contributed by atoms with Crippen LogP contribution in [-0.4, -0.2) is 31.2 Å². The molecule has 9 heteroatoms. The van der Waals surface area contributed by atoms with Crippen LogP contribution in [0.3, 0.4) is 0 Å². The summed E-state index contributed by atoms with van der Waals surface area (Å²) in [5.41, 5.74) is 0.444. The predicted molar refractivity (Wildman–Crippen MR) is 93.9 cm³/mol. The number of rotatable bonds is 5. The van der Waals surface area contributed by atoms with Crippen LogP contribution in [0.1, 0.15) is 15.9 Å². The maximum Gasteiger partial charge on any atom is 0.338 e. The van der Waals surface area contributed by atoms with Crippen LogP contribution in [0.25, 0.3) is 0 Å². The van der Waals surface area contributed by atoms with Gasteiger partial charge in [-0.1, -0.05) is 15.9 Å². The molecule has 8 nitrogen and oxygen atoms in total. The second-order valence-corrected chi connectivity index (χ2v) is 6.16. The molecule has 3 rings (SSSR count). The first-order valence-corrected chi connectivity index (χ1v) is 8.36. The number of carbonyl (C=O) groups excluding carboxylic acids is 1. The highest BCUT2D eigenvalue weighted by atomic mass is 79.9. The third-order valence-corrected chi connectivity index (χ3v) is 4.42. The SMILES string of the molecule is COc1ccc(C(=O)OCc2cc3c(cc2Br)OCCO3)cc1[N+](=O)[O-]. The van der Waals surface area contributed by atoms with Crippen molar-refractivity contribution < 1.29 is 28.7 Å². The molecule has 0 saturated heterocycles. The zero-order valence-electron chi connectivity index (χ0n) is 13.7. The average molecular weight is 424 g/mol. The van der Waals surface area contributed by atoms with Crippen molar-refractivity contribution in [1.29, 1.82) is 0 Å². The van der Waals surface area contributed by atoms with Crippen LogP contribution in [0.15, 0.2) is 34.8 Å². The van der Waals surface area contributed by atoms with Crippen molar-refractivity contribution in [1.82, 2.24) is 0 Å². The molecule has 1 aliphatic rings. The fraction of sp³-hybridized carbons (Fsp3) is 0.235. The van der Waals surface area contributed by atoms with Crippen molar-refractivity contribution in [3.63, 3.8) is 0 Å². The predicted octanol–water partition coefficient (Wildman–Crippen LogP) is 3.49. The van der Waals surface area contributed by atoms with E-state index in [1.54, 1.807) is 12.1 Å². The summed E-state index contributed by atoms with van der Waals surface area (Å²) in [6.07, 6.45) is 0. The van der Waals surface area contributed by atoms with Gasteiger partial charge in [0.15, 0.2) is 17.2 Å². The monoisotopic (exact) mass is 423 g/mol. The normalized spacial score (nSPS) is 12.4. The summed E-state index contributed by atoms with van der Waals surface area (Å²) in [6, 6.07) is 7.36. The standard InChI is InChI=1S/C17H14BrNO7/c1-23-14-3-2-10(6-13(14)19(21)22)17(20)26-9-11-7-15-16(8-12(11)18)25-5-4-24-15/h2-3,6-8H,4-5,9H2,1H3. The smallest absolute Gasteiger partial charge is 0.338 e. The van der Waals surface area contributed by atoms with Gasteiger partial charge in [-0.15, -0.1) is 0 Å². The number of fused-ring (bicyclic) bond motifs is 1. The summed E-state index contributed by atoms with van der Waals surface area (Å²) in [4.78, 5) is 22.7. The Hall–Kier alpha value is -2.81. The van der Waals surface area contributed by atoms with Crippen molar-refractivity contribution in [3.05, 3.63) is 56.0 Å². The van der Waals surface area contributed by atoms with E-state index in [4.69, 9.17) is 18.9 Å². The zero-order valence-corrected chi connectivity index (χ0v) is 15.3. The number of hydrogen-bond acceptors (Lipinski definition) is 7. The quantitative estimate of drug-likeness (QED) is 0.412. The minimum absolute atomic E-state index is 0.0319. The maximum atomic E-state index is 12.2. The minimum atomic E-state index is -0.683. The fourth-order valence-corrected chi connectivity index (χ4v) is 2.84. The van der Waals surface area contributed by atoms with Crippen LogP contribution in [0.2, 0.25) is 0 Å². The molecule has 2 aromatic carbocycles. The van der Waals surface area contributed by atoms with Crippen molar-refractivity contribution in [2.75, 3.05) is 20.3 Å². The Balaban J connectivity index is 1.75. The van der Waals surface area contributed by atoms with E-state index < -0.39 is 10.9 Å². The summed E-state index contributed by atoms with van der Waals surface area (Å²) >= 11 is 3.40. The molecule has 0 aliphatic carbocycles. The summed E-state index contributed by atoms with van der Waals surface area (Å²) in [6.45, 7) is 0.892. The first-order valence-electron chi connectivity index (χ1n) is 7.57. The van der Waals surface area contributed by atoms with Gasteiger partial charge in [-0.05, 0) is 24.3 Å². The molecular weight excluding hydrogens is 410 g/mol. The number of nitro groups is 1. The Morgan fingerprint density at radius 2 is 1.92 bits per heavy atom. The second kappa shape index (κ2) is 7.61. The van der Waals surface area contributed by atoms with Crippen LogP contribution >= 0.6 is 15.9 Å². The number of benzene rings is 2. The molecule has 0 saturated carbocycles. The summed E-state index contributed by atoms with van der Waals surface area (Å²) in [7, 11) is 1.32. The number of esters is 1. The number of hydrogen-bond donors (Lipinski definition) is 0. The molecule has 0 fully saturated rings. The van der Waals surface area contributed by atoms with Gasteiger partial charge >= 0.3 is 11.7 Å². The fourth-order valence-electron chi connectivity index (χ4n) is 2.40. The Morgan fingerprint density at radius 1 is 1.23 bits per heavy atom. The van der Waals surface area contributed by atoms with Gasteiger partial charge in [0.25, 0.3) is 0 Å². The van der Waals surface area contributed by atoms with E-state index in [9.17, 15) is 14.9 Å². The summed E-state index contributed by atoms with van der Waals surface area (Å²) < 4.78 is 21.9. The van der Waals surface area contributed by atoms with Crippen LogP contribution < -0.4 is 14.2 Å². The van der Waals surface area contributed by atoms with Gasteiger partial charge < -0.3 is 18.9 Å². The Bertz CT molecular complexity index is 868. The highest BCUT2D eigenvalue weighted by molar-refractivity contribution is 9.10. The van der Waals surface area contributed by atoms with Gasteiger partial charge in [-0.2, -0.15) is 0 Å². The number of nitro benzene ring substituents is 1. The van der Waals surface area contributed by atoms with E-state index in [2.05, 4.69) is 15.9 Å². The molecule has 0 N–H and O–H groups in total. The average Bonchev–Trinajstić information content (AvgIpc) is 2.65. The van der Waals surface area contributed by atoms with Crippen molar-refractivity contribution in [2.45, 2.75) is 6.61 Å². The van der Waals surface area contributed by atoms with Crippen LogP contribution in [0.5, 0.6) is 17.2 Å². The van der Waals surface area contributed by atoms with Crippen molar-refractivity contribution in [2.24, 2.45) is 0 Å². The topological polar surface area (TPSA) is 97.1 Å². The summed E-state index contributed by atoms with van der Waals surface area (Å²) in [5, 5.41) is 11.1. The van der Waals surface area contributed by atoms with E-state index in [0.717, 1.165) is 6.07 Å².